The van der Waals surface area contributed by atoms with Crippen molar-refractivity contribution < 1.29 is 9.50 Å². The molecule has 4 heteroatoms. The van der Waals surface area contributed by atoms with Gasteiger partial charge < -0.3 is 15.4 Å². The minimum Gasteiger partial charge on any atom is -0.505 e. The molecule has 2 rings (SSSR count). The summed E-state index contributed by atoms with van der Waals surface area (Å²) < 4.78 is 14.9. The fraction of sp³-hybridized carbons (Fsp3) is 0.273. The Kier molecular flexibility index (Phi) is 2.36. The fourth-order valence-corrected chi connectivity index (χ4v) is 1.67. The fourth-order valence-electron chi connectivity index (χ4n) is 1.67. The molecule has 1 aromatic carbocycles. The third-order valence-corrected chi connectivity index (χ3v) is 2.32. The van der Waals surface area contributed by atoms with E-state index in [9.17, 15) is 9.50 Å². The molecule has 1 atom stereocenters. The molecule has 15 heavy (non-hydrogen) atoms. The molecule has 0 spiro atoms. The number of phenolic OH excluding ortho intramolecular Hbond substituents is 1. The van der Waals surface area contributed by atoms with E-state index < -0.39 is 5.82 Å². The van der Waals surface area contributed by atoms with Crippen molar-refractivity contribution in [1.29, 1.82) is 0 Å². The monoisotopic (exact) mass is 208 g/mol. The van der Waals surface area contributed by atoms with E-state index in [1.54, 1.807) is 6.07 Å². The Hall–Kier alpha value is -1.55. The molecule has 0 fully saturated rings. The van der Waals surface area contributed by atoms with E-state index in [2.05, 4.69) is 0 Å². The zero-order valence-electron chi connectivity index (χ0n) is 8.44. The number of nitrogens with zero attached hydrogens (tertiary/aromatic N) is 1. The minimum atomic E-state index is -0.596. The lowest BCUT2D eigenvalue weighted by Gasteiger charge is -2.08. The molecule has 0 radical (unpaired) electrons. The number of benzene rings is 1. The molecule has 0 saturated carbocycles. The summed E-state index contributed by atoms with van der Waals surface area (Å²) in [5.41, 5.74) is 6.48. The van der Waals surface area contributed by atoms with Crippen molar-refractivity contribution in [3.63, 3.8) is 0 Å². The van der Waals surface area contributed by atoms with E-state index in [1.165, 1.54) is 12.1 Å². The van der Waals surface area contributed by atoms with Crippen molar-refractivity contribution in [3.05, 3.63) is 30.2 Å². The molecule has 1 unspecified atom stereocenters. The largest absolute Gasteiger partial charge is 0.505 e. The first-order chi connectivity index (χ1) is 7.08. The van der Waals surface area contributed by atoms with E-state index >= 15 is 0 Å². The number of hydrogen-bond donors (Lipinski definition) is 2. The normalized spacial score (nSPS) is 13.3. The number of hydrogen-bond acceptors (Lipinski definition) is 2. The second kappa shape index (κ2) is 3.55. The van der Waals surface area contributed by atoms with Gasteiger partial charge in [-0.1, -0.05) is 0 Å². The first kappa shape index (κ1) is 9.98. The Balaban J connectivity index is 2.54. The molecule has 0 amide bonds. The standard InChI is InChI=1S/C11H13FN2O/c1-7(13)6-14-3-2-8-4-9(12)11(15)5-10(8)14/h2-5,7,15H,6,13H2,1H3. The van der Waals surface area contributed by atoms with Gasteiger partial charge in [0.25, 0.3) is 0 Å². The Morgan fingerprint density at radius 3 is 2.93 bits per heavy atom. The van der Waals surface area contributed by atoms with Gasteiger partial charge in [-0.15, -0.1) is 0 Å². The number of aromatic hydroxyl groups is 1. The topological polar surface area (TPSA) is 51.2 Å². The molecule has 0 saturated heterocycles. The van der Waals surface area contributed by atoms with E-state index in [0.29, 0.717) is 6.54 Å². The van der Waals surface area contributed by atoms with Crippen LogP contribution in [0.4, 0.5) is 4.39 Å². The molecule has 2 aromatic rings. The lowest BCUT2D eigenvalue weighted by molar-refractivity contribution is 0.433. The Labute approximate surface area is 86.9 Å². The number of aromatic nitrogens is 1. The van der Waals surface area contributed by atoms with Gasteiger partial charge in [0.15, 0.2) is 11.6 Å². The Morgan fingerprint density at radius 2 is 2.27 bits per heavy atom. The predicted octanol–water partition coefficient (Wildman–Crippen LogP) is 1.83. The van der Waals surface area contributed by atoms with Gasteiger partial charge in [-0.3, -0.25) is 0 Å². The molecule has 1 heterocycles. The van der Waals surface area contributed by atoms with Gasteiger partial charge in [-0.05, 0) is 19.1 Å². The van der Waals surface area contributed by atoms with Crippen LogP contribution in [-0.4, -0.2) is 15.7 Å². The van der Waals surface area contributed by atoms with Gasteiger partial charge in [-0.25, -0.2) is 4.39 Å². The zero-order valence-corrected chi connectivity index (χ0v) is 8.44. The Bertz CT molecular complexity index is 491. The van der Waals surface area contributed by atoms with E-state index in [1.807, 2.05) is 17.7 Å². The summed E-state index contributed by atoms with van der Waals surface area (Å²) in [7, 11) is 0. The molecular weight excluding hydrogens is 195 g/mol. The first-order valence-electron chi connectivity index (χ1n) is 4.81. The molecule has 0 bridgehead atoms. The van der Waals surface area contributed by atoms with Gasteiger partial charge in [0, 0.05) is 30.2 Å². The molecular formula is C11H13FN2O. The summed E-state index contributed by atoms with van der Waals surface area (Å²) in [4.78, 5) is 0. The quantitative estimate of drug-likeness (QED) is 0.791. The van der Waals surface area contributed by atoms with Gasteiger partial charge in [0.1, 0.15) is 0 Å². The van der Waals surface area contributed by atoms with E-state index in [0.717, 1.165) is 10.9 Å². The lowest BCUT2D eigenvalue weighted by Crippen LogP contribution is -2.21. The summed E-state index contributed by atoms with van der Waals surface area (Å²) in [5, 5.41) is 10.0. The van der Waals surface area contributed by atoms with Crippen molar-refractivity contribution in [3.8, 4) is 5.75 Å². The highest BCUT2D eigenvalue weighted by Gasteiger charge is 2.07. The third-order valence-electron chi connectivity index (χ3n) is 2.32. The molecule has 1 aromatic heterocycles. The van der Waals surface area contributed by atoms with Crippen LogP contribution in [-0.2, 0) is 6.54 Å². The smallest absolute Gasteiger partial charge is 0.165 e. The van der Waals surface area contributed by atoms with Crippen LogP contribution < -0.4 is 5.73 Å². The van der Waals surface area contributed by atoms with Crippen LogP contribution in [0.1, 0.15) is 6.92 Å². The van der Waals surface area contributed by atoms with Crippen molar-refractivity contribution >= 4 is 10.9 Å². The first-order valence-corrected chi connectivity index (χ1v) is 4.81. The van der Waals surface area contributed by atoms with Crippen LogP contribution in [0.15, 0.2) is 24.4 Å². The van der Waals surface area contributed by atoms with Crippen LogP contribution >= 0.6 is 0 Å². The van der Waals surface area contributed by atoms with Crippen molar-refractivity contribution in [2.24, 2.45) is 5.73 Å². The summed E-state index contributed by atoms with van der Waals surface area (Å²) >= 11 is 0. The molecule has 0 aliphatic rings. The van der Waals surface area contributed by atoms with Crippen LogP contribution in [0.2, 0.25) is 0 Å². The maximum absolute atomic E-state index is 13.0. The molecule has 0 aliphatic heterocycles. The van der Waals surface area contributed by atoms with Crippen LogP contribution in [0.25, 0.3) is 10.9 Å². The van der Waals surface area contributed by atoms with Gasteiger partial charge in [0.2, 0.25) is 0 Å². The van der Waals surface area contributed by atoms with Crippen molar-refractivity contribution in [2.75, 3.05) is 0 Å². The van der Waals surface area contributed by atoms with E-state index in [4.69, 9.17) is 5.73 Å². The SMILES string of the molecule is CC(N)Cn1ccc2cc(F)c(O)cc21. The maximum Gasteiger partial charge on any atom is 0.165 e. The molecule has 3 nitrogen and oxygen atoms in total. The molecule has 3 N–H and O–H groups in total. The number of rotatable bonds is 2. The summed E-state index contributed by atoms with van der Waals surface area (Å²) in [5.74, 6) is -0.923. The van der Waals surface area contributed by atoms with Crippen LogP contribution in [0, 0.1) is 5.82 Å². The molecule has 80 valence electrons. The van der Waals surface area contributed by atoms with Gasteiger partial charge >= 0.3 is 0 Å². The predicted molar refractivity (Wildman–Crippen MR) is 57.2 cm³/mol. The maximum atomic E-state index is 13.0. The second-order valence-corrected chi connectivity index (χ2v) is 3.81. The van der Waals surface area contributed by atoms with Crippen molar-refractivity contribution in [1.82, 2.24) is 4.57 Å². The van der Waals surface area contributed by atoms with Crippen molar-refractivity contribution in [2.45, 2.75) is 19.5 Å². The highest BCUT2D eigenvalue weighted by molar-refractivity contribution is 5.81. The minimum absolute atomic E-state index is 0.0211. The number of nitrogens with two attached hydrogens (primary N) is 1. The highest BCUT2D eigenvalue weighted by atomic mass is 19.1. The number of phenols is 1. The third kappa shape index (κ3) is 1.80. The number of halogens is 1. The molecule has 0 aliphatic carbocycles. The average Bonchev–Trinajstić information content (AvgIpc) is 2.49. The van der Waals surface area contributed by atoms with Gasteiger partial charge in [-0.2, -0.15) is 0 Å². The lowest BCUT2D eigenvalue weighted by atomic mass is 10.2. The van der Waals surface area contributed by atoms with Crippen LogP contribution in [0.5, 0.6) is 5.75 Å². The second-order valence-electron chi connectivity index (χ2n) is 3.81. The zero-order chi connectivity index (χ0) is 11.0. The van der Waals surface area contributed by atoms with E-state index in [-0.39, 0.29) is 11.8 Å². The van der Waals surface area contributed by atoms with Crippen LogP contribution in [0.3, 0.4) is 0 Å². The highest BCUT2D eigenvalue weighted by Crippen LogP contribution is 2.24. The Morgan fingerprint density at radius 1 is 1.53 bits per heavy atom. The summed E-state index contributed by atoms with van der Waals surface area (Å²) in [6.45, 7) is 2.55. The number of fused-ring (bicyclic) bond motifs is 1. The van der Waals surface area contributed by atoms with Gasteiger partial charge in [0.05, 0.1) is 5.52 Å². The average molecular weight is 208 g/mol. The summed E-state index contributed by atoms with van der Waals surface area (Å²) in [6, 6.07) is 4.57. The summed E-state index contributed by atoms with van der Waals surface area (Å²) in [6.07, 6.45) is 1.84.